The van der Waals surface area contributed by atoms with E-state index >= 15 is 0 Å². The number of H-pyrrole nitrogens is 1. The van der Waals surface area contributed by atoms with Gasteiger partial charge in [0, 0.05) is 16.0 Å². The largest absolute Gasteiger partial charge is 0.482 e. The molecule has 3 heterocycles. The van der Waals surface area contributed by atoms with Crippen LogP contribution in [0.1, 0.15) is 29.7 Å². The number of carbonyl (C=O) groups excluding carboxylic acids is 3. The van der Waals surface area contributed by atoms with Crippen LogP contribution in [0, 0.1) is 29.6 Å². The predicted molar refractivity (Wildman–Crippen MR) is 146 cm³/mol. The molecule has 2 aromatic carbocycles. The topological polar surface area (TPSA) is 106 Å². The molecule has 4 aliphatic rings. The number of thioether (sulfide) groups is 1. The van der Waals surface area contributed by atoms with E-state index < -0.39 is 5.97 Å². The van der Waals surface area contributed by atoms with Gasteiger partial charge in [-0.2, -0.15) is 0 Å². The second kappa shape index (κ2) is 9.38. The number of imide groups is 1. The van der Waals surface area contributed by atoms with Gasteiger partial charge >= 0.3 is 10.8 Å². The van der Waals surface area contributed by atoms with Crippen LogP contribution in [0.25, 0.3) is 0 Å². The van der Waals surface area contributed by atoms with Crippen molar-refractivity contribution in [1.29, 1.82) is 0 Å². The first kappa shape index (κ1) is 24.7. The molecular formula is C29H26N2O6S2. The zero-order valence-electron chi connectivity index (χ0n) is 21.1. The van der Waals surface area contributed by atoms with Gasteiger partial charge in [-0.05, 0) is 60.9 Å². The molecule has 1 saturated heterocycles. The number of ether oxygens (including phenoxy) is 2. The average Bonchev–Trinajstić information content (AvgIpc) is 3.67. The number of fused-ring (bicyclic) bond motifs is 9. The quantitative estimate of drug-likeness (QED) is 0.357. The van der Waals surface area contributed by atoms with E-state index in [1.54, 1.807) is 18.7 Å². The standard InChI is InChI=1S/C29H26N2O6S2/c1-2-36-19(32)13-37-16-10-8-14(9-11-16)20-21-17-12-18(24(21)38-26-25(20)39-29(35)30-26)23-22(17)27(33)31(28(23)34)15-6-4-3-5-7-15/h3-11,17-18,20-24H,2,12-13H2,1H3,(H,30,35)/t17?,18?,20-,21?,22?,23?,24?/m1/s1. The number of nitrogens with one attached hydrogen (secondary N) is 1. The van der Waals surface area contributed by atoms with Crippen molar-refractivity contribution < 1.29 is 23.9 Å². The number of para-hydroxylation sites is 1. The second-order valence-electron chi connectivity index (χ2n) is 10.5. The number of carbonyl (C=O) groups is 3. The third kappa shape index (κ3) is 3.79. The van der Waals surface area contributed by atoms with Crippen LogP contribution in [0.4, 0.5) is 5.69 Å². The number of aromatic nitrogens is 1. The highest BCUT2D eigenvalue weighted by Gasteiger charge is 2.69. The molecule has 2 aliphatic carbocycles. The van der Waals surface area contributed by atoms with Crippen LogP contribution >= 0.6 is 23.1 Å². The fourth-order valence-electron chi connectivity index (χ4n) is 7.34. The maximum absolute atomic E-state index is 13.8. The van der Waals surface area contributed by atoms with Crippen LogP contribution in [0.2, 0.25) is 0 Å². The Morgan fingerprint density at radius 3 is 2.44 bits per heavy atom. The van der Waals surface area contributed by atoms with Crippen molar-refractivity contribution in [2.24, 2.45) is 29.6 Å². The summed E-state index contributed by atoms with van der Waals surface area (Å²) in [6.45, 7) is 1.88. The molecule has 1 aromatic heterocycles. The zero-order valence-corrected chi connectivity index (χ0v) is 22.7. The van der Waals surface area contributed by atoms with Crippen molar-refractivity contribution in [3.05, 3.63) is 74.7 Å². The highest BCUT2D eigenvalue weighted by molar-refractivity contribution is 8.00. The Morgan fingerprint density at radius 1 is 1.00 bits per heavy atom. The van der Waals surface area contributed by atoms with Gasteiger partial charge in [-0.15, -0.1) is 11.8 Å². The molecule has 10 heteroatoms. The van der Waals surface area contributed by atoms with Crippen LogP contribution in [0.15, 0.2) is 64.4 Å². The summed E-state index contributed by atoms with van der Waals surface area (Å²) in [5.74, 6) is -0.527. The molecule has 3 aromatic rings. The first-order valence-corrected chi connectivity index (χ1v) is 14.9. The van der Waals surface area contributed by atoms with E-state index in [0.29, 0.717) is 18.0 Å². The molecule has 1 N–H and O–H groups in total. The van der Waals surface area contributed by atoms with Crippen molar-refractivity contribution in [3.8, 4) is 5.75 Å². The maximum atomic E-state index is 13.8. The Morgan fingerprint density at radius 2 is 1.72 bits per heavy atom. The number of amides is 2. The number of aromatic amines is 1. The minimum absolute atomic E-state index is 0.0535. The summed E-state index contributed by atoms with van der Waals surface area (Å²) in [4.78, 5) is 56.9. The molecule has 7 atom stereocenters. The lowest BCUT2D eigenvalue weighted by atomic mass is 9.68. The number of hydrogen-bond donors (Lipinski definition) is 1. The van der Waals surface area contributed by atoms with Crippen LogP contribution in [-0.2, 0) is 19.1 Å². The van der Waals surface area contributed by atoms with Gasteiger partial charge in [0.1, 0.15) is 5.75 Å². The van der Waals surface area contributed by atoms with E-state index in [4.69, 9.17) is 9.47 Å². The van der Waals surface area contributed by atoms with Gasteiger partial charge in [-0.25, -0.2) is 4.79 Å². The molecule has 2 aliphatic heterocycles. The Balaban J connectivity index is 1.22. The van der Waals surface area contributed by atoms with E-state index in [9.17, 15) is 19.2 Å². The zero-order chi connectivity index (χ0) is 26.8. The molecule has 6 unspecified atom stereocenters. The smallest absolute Gasteiger partial charge is 0.344 e. The molecular weight excluding hydrogens is 536 g/mol. The summed E-state index contributed by atoms with van der Waals surface area (Å²) in [6, 6.07) is 16.8. The van der Waals surface area contributed by atoms with Crippen molar-refractivity contribution in [3.63, 3.8) is 0 Å². The van der Waals surface area contributed by atoms with E-state index in [1.807, 2.05) is 54.6 Å². The number of anilines is 1. The molecule has 2 amide bonds. The fraction of sp³-hybridized carbons (Fsp3) is 0.379. The summed E-state index contributed by atoms with van der Waals surface area (Å²) < 4.78 is 10.5. The van der Waals surface area contributed by atoms with Crippen molar-refractivity contribution in [2.45, 2.75) is 29.5 Å². The van der Waals surface area contributed by atoms with E-state index in [0.717, 1.165) is 21.9 Å². The van der Waals surface area contributed by atoms with E-state index in [2.05, 4.69) is 4.98 Å². The molecule has 3 fully saturated rings. The van der Waals surface area contributed by atoms with Gasteiger partial charge in [0.25, 0.3) is 0 Å². The first-order valence-electron chi connectivity index (χ1n) is 13.2. The van der Waals surface area contributed by atoms with Crippen LogP contribution in [0.5, 0.6) is 5.75 Å². The Bertz CT molecular complexity index is 1520. The average molecular weight is 563 g/mol. The minimum atomic E-state index is -0.424. The monoisotopic (exact) mass is 562 g/mol. The van der Waals surface area contributed by atoms with Crippen LogP contribution in [0.3, 0.4) is 0 Å². The summed E-state index contributed by atoms with van der Waals surface area (Å²) in [7, 11) is 0. The number of rotatable bonds is 6. The number of benzene rings is 2. The molecule has 39 heavy (non-hydrogen) atoms. The van der Waals surface area contributed by atoms with Crippen LogP contribution < -0.4 is 14.5 Å². The normalized spacial score (nSPS) is 30.2. The first-order chi connectivity index (χ1) is 19.0. The molecule has 200 valence electrons. The van der Waals surface area contributed by atoms with Gasteiger partial charge in [0.05, 0.1) is 29.2 Å². The highest BCUT2D eigenvalue weighted by atomic mass is 32.2. The molecule has 0 spiro atoms. The van der Waals surface area contributed by atoms with E-state index in [-0.39, 0.29) is 64.1 Å². The summed E-state index contributed by atoms with van der Waals surface area (Å²) in [5, 5.41) is 1.01. The van der Waals surface area contributed by atoms with Crippen LogP contribution in [-0.4, -0.2) is 41.2 Å². The highest BCUT2D eigenvalue weighted by Crippen LogP contribution is 2.68. The number of esters is 1. The number of hydrogen-bond acceptors (Lipinski definition) is 8. The Kier molecular flexibility index (Phi) is 5.93. The predicted octanol–water partition coefficient (Wildman–Crippen LogP) is 4.06. The third-order valence-corrected chi connectivity index (χ3v) is 11.2. The third-order valence-electron chi connectivity index (χ3n) is 8.64. The van der Waals surface area contributed by atoms with Gasteiger partial charge in [-0.3, -0.25) is 19.3 Å². The van der Waals surface area contributed by atoms with Gasteiger partial charge < -0.3 is 14.5 Å². The van der Waals surface area contributed by atoms with Gasteiger partial charge in [-0.1, -0.05) is 41.7 Å². The minimum Gasteiger partial charge on any atom is -0.482 e. The fourth-order valence-corrected chi connectivity index (χ4v) is 10.2. The van der Waals surface area contributed by atoms with Crippen molar-refractivity contribution in [1.82, 2.24) is 4.98 Å². The second-order valence-corrected chi connectivity index (χ2v) is 12.7. The lowest BCUT2D eigenvalue weighted by Gasteiger charge is -2.43. The molecule has 0 radical (unpaired) electrons. The Labute approximate surface area is 232 Å². The summed E-state index contributed by atoms with van der Waals surface area (Å²) in [6.07, 6.45) is 0.841. The number of thiazole rings is 1. The number of nitrogens with zero attached hydrogens (tertiary/aromatic N) is 1. The van der Waals surface area contributed by atoms with Gasteiger partial charge in [0.2, 0.25) is 11.8 Å². The molecule has 7 rings (SSSR count). The lowest BCUT2D eigenvalue weighted by Crippen LogP contribution is -2.42. The molecule has 2 saturated carbocycles. The van der Waals surface area contributed by atoms with Crippen molar-refractivity contribution in [2.75, 3.05) is 18.1 Å². The van der Waals surface area contributed by atoms with Crippen molar-refractivity contribution >= 4 is 46.6 Å². The summed E-state index contributed by atoms with van der Waals surface area (Å²) >= 11 is 2.91. The van der Waals surface area contributed by atoms with Gasteiger partial charge in [0.15, 0.2) is 6.61 Å². The SMILES string of the molecule is CCOC(=O)COc1ccc([C@H]2c3sc(=O)[nH]c3SC3C4CC(C5C(=O)N(c6ccccc6)C(=O)C45)C32)cc1. The Hall–Kier alpha value is -3.37. The maximum Gasteiger partial charge on any atom is 0.344 e. The summed E-state index contributed by atoms with van der Waals surface area (Å²) in [5.41, 5.74) is 1.67. The lowest BCUT2D eigenvalue weighted by molar-refractivity contribution is -0.145. The molecule has 2 bridgehead atoms. The van der Waals surface area contributed by atoms with E-state index in [1.165, 1.54) is 16.2 Å². The molecule has 8 nitrogen and oxygen atoms in total.